The molecule has 1 fully saturated rings. The number of thioether (sulfide) groups is 1. The van der Waals surface area contributed by atoms with Crippen LogP contribution in [-0.2, 0) is 4.79 Å². The summed E-state index contributed by atoms with van der Waals surface area (Å²) in [5, 5.41) is 13.5. The van der Waals surface area contributed by atoms with Crippen LogP contribution in [0.2, 0.25) is 0 Å². The summed E-state index contributed by atoms with van der Waals surface area (Å²) in [6.07, 6.45) is 0. The topological polar surface area (TPSA) is 80.0 Å². The van der Waals surface area contributed by atoms with Gasteiger partial charge in [0.2, 0.25) is 11.1 Å². The molecule has 5 rings (SSSR count). The number of nitrogens with zero attached hydrogens (tertiary/aromatic N) is 7. The molecule has 2 aromatic carbocycles. The summed E-state index contributed by atoms with van der Waals surface area (Å²) in [4.78, 5) is 21.6. The zero-order valence-electron chi connectivity index (χ0n) is 16.1. The molecule has 1 saturated heterocycles. The standard InChI is InChI=1S/C20H19N7OS2/c28-18(14-29-20-22-23-24-27(20)15-6-2-1-3-7-15)25-10-12-26(13-11-25)19-21-16-8-4-5-9-17(16)30-19/h1-9H,10-14H2. The molecule has 8 nitrogen and oxygen atoms in total. The molecule has 2 aromatic heterocycles. The van der Waals surface area contributed by atoms with Gasteiger partial charge in [-0.1, -0.05) is 53.4 Å². The van der Waals surface area contributed by atoms with E-state index in [1.165, 1.54) is 16.5 Å². The van der Waals surface area contributed by atoms with Crippen molar-refractivity contribution >= 4 is 44.4 Å². The van der Waals surface area contributed by atoms with E-state index in [0.717, 1.165) is 29.4 Å². The van der Waals surface area contributed by atoms with E-state index < -0.39 is 0 Å². The average molecular weight is 438 g/mol. The number of carbonyl (C=O) groups is 1. The molecule has 1 aliphatic rings. The molecule has 0 radical (unpaired) electrons. The van der Waals surface area contributed by atoms with Gasteiger partial charge >= 0.3 is 0 Å². The van der Waals surface area contributed by atoms with Crippen LogP contribution in [-0.4, -0.2) is 67.9 Å². The highest BCUT2D eigenvalue weighted by Gasteiger charge is 2.23. The Labute approximate surface area is 181 Å². The molecule has 0 unspecified atom stereocenters. The van der Waals surface area contributed by atoms with Crippen LogP contribution in [0, 0.1) is 0 Å². The first-order chi connectivity index (χ1) is 14.8. The van der Waals surface area contributed by atoms with Crippen molar-refractivity contribution in [3.8, 4) is 5.69 Å². The lowest BCUT2D eigenvalue weighted by Gasteiger charge is -2.34. The van der Waals surface area contributed by atoms with Gasteiger partial charge in [0.25, 0.3) is 0 Å². The third-order valence-electron chi connectivity index (χ3n) is 4.95. The highest BCUT2D eigenvalue weighted by atomic mass is 32.2. The van der Waals surface area contributed by atoms with E-state index in [1.54, 1.807) is 16.0 Å². The van der Waals surface area contributed by atoms with Crippen molar-refractivity contribution in [3.05, 3.63) is 54.6 Å². The number of aromatic nitrogens is 5. The second kappa shape index (κ2) is 8.41. The van der Waals surface area contributed by atoms with Crippen LogP contribution in [0.15, 0.2) is 59.8 Å². The molecule has 3 heterocycles. The third-order valence-corrected chi connectivity index (χ3v) is 6.95. The van der Waals surface area contributed by atoms with Gasteiger partial charge in [-0.25, -0.2) is 4.98 Å². The predicted molar refractivity (Wildman–Crippen MR) is 118 cm³/mol. The van der Waals surface area contributed by atoms with Crippen LogP contribution < -0.4 is 4.90 Å². The minimum Gasteiger partial charge on any atom is -0.345 e. The first-order valence-corrected chi connectivity index (χ1v) is 11.4. The summed E-state index contributed by atoms with van der Waals surface area (Å²) in [5.74, 6) is 0.417. The van der Waals surface area contributed by atoms with Crippen LogP contribution in [0.25, 0.3) is 15.9 Å². The maximum Gasteiger partial charge on any atom is 0.233 e. The molecular formula is C20H19N7OS2. The molecule has 1 aliphatic heterocycles. The Morgan fingerprint density at radius 2 is 1.77 bits per heavy atom. The van der Waals surface area contributed by atoms with Crippen LogP contribution >= 0.6 is 23.1 Å². The van der Waals surface area contributed by atoms with Crippen molar-refractivity contribution in [3.63, 3.8) is 0 Å². The summed E-state index contributed by atoms with van der Waals surface area (Å²) in [5.41, 5.74) is 1.91. The van der Waals surface area contributed by atoms with Crippen molar-refractivity contribution in [1.29, 1.82) is 0 Å². The molecule has 0 saturated carbocycles. The minimum absolute atomic E-state index is 0.103. The smallest absolute Gasteiger partial charge is 0.233 e. The fourth-order valence-corrected chi connectivity index (χ4v) is 5.17. The SMILES string of the molecule is O=C(CSc1nnnn1-c1ccccc1)N1CCN(c2nc3ccccc3s2)CC1. The van der Waals surface area contributed by atoms with Crippen molar-refractivity contribution in [1.82, 2.24) is 30.1 Å². The first-order valence-electron chi connectivity index (χ1n) is 9.63. The van der Waals surface area contributed by atoms with Gasteiger partial charge in [0.15, 0.2) is 5.13 Å². The van der Waals surface area contributed by atoms with E-state index in [9.17, 15) is 4.79 Å². The zero-order chi connectivity index (χ0) is 20.3. The molecule has 0 atom stereocenters. The van der Waals surface area contributed by atoms with E-state index in [2.05, 4.69) is 26.5 Å². The number of benzene rings is 2. The Morgan fingerprint density at radius 3 is 2.57 bits per heavy atom. The van der Waals surface area contributed by atoms with Crippen molar-refractivity contribution in [2.75, 3.05) is 36.8 Å². The fourth-order valence-electron chi connectivity index (χ4n) is 3.36. The van der Waals surface area contributed by atoms with Crippen molar-refractivity contribution < 1.29 is 4.79 Å². The van der Waals surface area contributed by atoms with Gasteiger partial charge in [-0.15, -0.1) is 5.10 Å². The highest BCUT2D eigenvalue weighted by molar-refractivity contribution is 7.99. The van der Waals surface area contributed by atoms with Crippen LogP contribution in [0.4, 0.5) is 5.13 Å². The van der Waals surface area contributed by atoms with Crippen molar-refractivity contribution in [2.45, 2.75) is 5.16 Å². The summed E-state index contributed by atoms with van der Waals surface area (Å²) >= 11 is 3.07. The lowest BCUT2D eigenvalue weighted by Crippen LogP contribution is -2.49. The van der Waals surface area contributed by atoms with Gasteiger partial charge in [-0.05, 0) is 34.7 Å². The molecule has 30 heavy (non-hydrogen) atoms. The van der Waals surface area contributed by atoms with Crippen molar-refractivity contribution in [2.24, 2.45) is 0 Å². The largest absolute Gasteiger partial charge is 0.345 e. The average Bonchev–Trinajstić information content (AvgIpc) is 3.45. The lowest BCUT2D eigenvalue weighted by molar-refractivity contribution is -0.128. The van der Waals surface area contributed by atoms with Crippen LogP contribution in [0.5, 0.6) is 0 Å². The fraction of sp³-hybridized carbons (Fsp3) is 0.250. The van der Waals surface area contributed by atoms with E-state index >= 15 is 0 Å². The minimum atomic E-state index is 0.103. The number of piperazine rings is 1. The number of fused-ring (bicyclic) bond motifs is 1. The highest BCUT2D eigenvalue weighted by Crippen LogP contribution is 2.29. The van der Waals surface area contributed by atoms with Gasteiger partial charge in [-0.2, -0.15) is 4.68 Å². The van der Waals surface area contributed by atoms with Crippen LogP contribution in [0.1, 0.15) is 0 Å². The molecule has 4 aromatic rings. The number of amides is 1. The number of para-hydroxylation sites is 2. The Bertz CT molecular complexity index is 1120. The quantitative estimate of drug-likeness (QED) is 0.444. The summed E-state index contributed by atoms with van der Waals surface area (Å²) in [7, 11) is 0. The van der Waals surface area contributed by atoms with Gasteiger partial charge < -0.3 is 9.80 Å². The molecule has 0 spiro atoms. The molecule has 10 heteroatoms. The molecule has 1 amide bonds. The number of thiazole rings is 1. The number of hydrogen-bond donors (Lipinski definition) is 0. The van der Waals surface area contributed by atoms with Gasteiger partial charge in [0.05, 0.1) is 21.7 Å². The number of rotatable bonds is 5. The van der Waals surface area contributed by atoms with E-state index in [-0.39, 0.29) is 5.91 Å². The third kappa shape index (κ3) is 3.88. The Hall–Kier alpha value is -2.98. The Kier molecular flexibility index (Phi) is 5.33. The Balaban J connectivity index is 1.17. The van der Waals surface area contributed by atoms with Gasteiger partial charge in [-0.3, -0.25) is 4.79 Å². The predicted octanol–water partition coefficient (Wildman–Crippen LogP) is 2.71. The maximum absolute atomic E-state index is 12.7. The second-order valence-corrected chi connectivity index (χ2v) is 8.78. The monoisotopic (exact) mass is 437 g/mol. The molecule has 0 aliphatic carbocycles. The lowest BCUT2D eigenvalue weighted by atomic mass is 10.3. The number of tetrazole rings is 1. The zero-order valence-corrected chi connectivity index (χ0v) is 17.7. The molecular weight excluding hydrogens is 418 g/mol. The maximum atomic E-state index is 12.7. The first kappa shape index (κ1) is 19.0. The van der Waals surface area contributed by atoms with Crippen LogP contribution in [0.3, 0.4) is 0 Å². The van der Waals surface area contributed by atoms with Gasteiger partial charge in [0, 0.05) is 26.2 Å². The molecule has 0 N–H and O–H groups in total. The summed E-state index contributed by atoms with van der Waals surface area (Å²) in [6, 6.07) is 17.8. The Morgan fingerprint density at radius 1 is 1.00 bits per heavy atom. The normalized spacial score (nSPS) is 14.4. The molecule has 152 valence electrons. The summed E-state index contributed by atoms with van der Waals surface area (Å²) in [6.45, 7) is 2.97. The molecule has 0 bridgehead atoms. The van der Waals surface area contributed by atoms with Gasteiger partial charge in [0.1, 0.15) is 0 Å². The van der Waals surface area contributed by atoms with E-state index in [1.807, 2.05) is 53.4 Å². The van der Waals surface area contributed by atoms with E-state index in [4.69, 9.17) is 4.98 Å². The number of hydrogen-bond acceptors (Lipinski definition) is 8. The second-order valence-electron chi connectivity index (χ2n) is 6.83. The number of anilines is 1. The summed E-state index contributed by atoms with van der Waals surface area (Å²) < 4.78 is 2.85. The van der Waals surface area contributed by atoms with E-state index in [0.29, 0.717) is 24.0 Å². The number of carbonyl (C=O) groups excluding carboxylic acids is 1.